The van der Waals surface area contributed by atoms with Crippen LogP contribution in [0, 0.1) is 11.8 Å². The Labute approximate surface area is 129 Å². The molecule has 0 aliphatic heterocycles. The number of fused-ring (bicyclic) bond motifs is 1. The van der Waals surface area contributed by atoms with Gasteiger partial charge in [0.2, 0.25) is 0 Å². The van der Waals surface area contributed by atoms with E-state index in [0.717, 1.165) is 24.8 Å². The van der Waals surface area contributed by atoms with E-state index < -0.39 is 11.9 Å². The van der Waals surface area contributed by atoms with Gasteiger partial charge in [0.05, 0.1) is 11.5 Å². The van der Waals surface area contributed by atoms with Crippen molar-refractivity contribution in [2.24, 2.45) is 11.8 Å². The van der Waals surface area contributed by atoms with Crippen LogP contribution in [0.1, 0.15) is 53.9 Å². The molecule has 1 aromatic heterocycles. The van der Waals surface area contributed by atoms with E-state index in [1.54, 1.807) is 11.3 Å². The predicted molar refractivity (Wildman–Crippen MR) is 83.9 cm³/mol. The van der Waals surface area contributed by atoms with Gasteiger partial charge in [-0.25, -0.2) is 0 Å². The maximum absolute atomic E-state index is 12.3. The Morgan fingerprint density at radius 2 is 2.05 bits per heavy atom. The van der Waals surface area contributed by atoms with E-state index in [1.165, 1.54) is 16.9 Å². The summed E-state index contributed by atoms with van der Waals surface area (Å²) in [5.74, 6) is -1.17. The van der Waals surface area contributed by atoms with Crippen molar-refractivity contribution in [2.75, 3.05) is 6.54 Å². The van der Waals surface area contributed by atoms with Gasteiger partial charge in [0.1, 0.15) is 0 Å². The van der Waals surface area contributed by atoms with Gasteiger partial charge in [0.25, 0.3) is 5.91 Å². The second kappa shape index (κ2) is 7.07. The average molecular weight is 309 g/mol. The topological polar surface area (TPSA) is 66.4 Å². The maximum atomic E-state index is 12.3. The van der Waals surface area contributed by atoms with E-state index in [-0.39, 0.29) is 12.5 Å². The Kier molecular flexibility index (Phi) is 5.39. The number of amides is 1. The quantitative estimate of drug-likeness (QED) is 0.848. The summed E-state index contributed by atoms with van der Waals surface area (Å²) in [6, 6.07) is 0. The first-order valence-electron chi connectivity index (χ1n) is 7.59. The summed E-state index contributed by atoms with van der Waals surface area (Å²) in [4.78, 5) is 24.8. The highest BCUT2D eigenvalue weighted by Crippen LogP contribution is 2.30. The second-order valence-corrected chi connectivity index (χ2v) is 7.10. The Morgan fingerprint density at radius 1 is 1.33 bits per heavy atom. The van der Waals surface area contributed by atoms with Gasteiger partial charge < -0.3 is 10.4 Å². The number of carboxylic acids is 1. The van der Waals surface area contributed by atoms with Gasteiger partial charge in [-0.3, -0.25) is 9.59 Å². The van der Waals surface area contributed by atoms with E-state index in [9.17, 15) is 14.7 Å². The molecule has 2 rings (SSSR count). The van der Waals surface area contributed by atoms with E-state index >= 15 is 0 Å². The van der Waals surface area contributed by atoms with E-state index in [2.05, 4.69) is 5.32 Å². The Balaban J connectivity index is 1.98. The second-order valence-electron chi connectivity index (χ2n) is 6.13. The van der Waals surface area contributed by atoms with Gasteiger partial charge in [0, 0.05) is 16.8 Å². The van der Waals surface area contributed by atoms with E-state index in [1.807, 2.05) is 19.2 Å². The number of hydrogen-bond acceptors (Lipinski definition) is 3. The van der Waals surface area contributed by atoms with Crippen LogP contribution in [0.4, 0.5) is 0 Å². The minimum Gasteiger partial charge on any atom is -0.481 e. The lowest BCUT2D eigenvalue weighted by Crippen LogP contribution is -2.34. The fraction of sp³-hybridized carbons (Fsp3) is 0.625. The van der Waals surface area contributed by atoms with Crippen LogP contribution < -0.4 is 5.32 Å². The summed E-state index contributed by atoms with van der Waals surface area (Å²) in [6.45, 7) is 4.19. The highest BCUT2D eigenvalue weighted by molar-refractivity contribution is 7.10. The first-order chi connectivity index (χ1) is 9.99. The molecule has 1 atom stereocenters. The van der Waals surface area contributed by atoms with Crippen LogP contribution in [0.3, 0.4) is 0 Å². The number of carbonyl (C=O) groups excluding carboxylic acids is 1. The first kappa shape index (κ1) is 16.0. The molecule has 1 aliphatic rings. The number of aryl methyl sites for hydroxylation is 1. The molecule has 1 heterocycles. The molecule has 0 fully saturated rings. The summed E-state index contributed by atoms with van der Waals surface area (Å²) in [5, 5.41) is 13.9. The van der Waals surface area contributed by atoms with Crippen LogP contribution in [0.15, 0.2) is 5.38 Å². The van der Waals surface area contributed by atoms with Crippen molar-refractivity contribution in [3.63, 3.8) is 0 Å². The normalized spacial score (nSPS) is 15.6. The van der Waals surface area contributed by atoms with Gasteiger partial charge in [-0.2, -0.15) is 0 Å². The Morgan fingerprint density at radius 3 is 2.71 bits per heavy atom. The molecule has 0 aromatic carbocycles. The summed E-state index contributed by atoms with van der Waals surface area (Å²) in [6.07, 6.45) is 4.95. The molecule has 0 saturated heterocycles. The number of thiophene rings is 1. The fourth-order valence-electron chi connectivity index (χ4n) is 2.84. The predicted octanol–water partition coefficient (Wildman–Crippen LogP) is 3.10. The summed E-state index contributed by atoms with van der Waals surface area (Å²) < 4.78 is 0. The van der Waals surface area contributed by atoms with Crippen molar-refractivity contribution in [1.82, 2.24) is 5.32 Å². The van der Waals surface area contributed by atoms with E-state index in [0.29, 0.717) is 12.3 Å². The SMILES string of the molecule is CC(C)CC(CNC(=O)c1csc2c1CCCC2)C(=O)O. The highest BCUT2D eigenvalue weighted by Gasteiger charge is 2.23. The molecule has 1 aliphatic carbocycles. The number of rotatable bonds is 6. The molecule has 21 heavy (non-hydrogen) atoms. The monoisotopic (exact) mass is 309 g/mol. The minimum absolute atomic E-state index is 0.121. The molecule has 4 nitrogen and oxygen atoms in total. The van der Waals surface area contributed by atoms with Crippen LogP contribution in [-0.4, -0.2) is 23.5 Å². The van der Waals surface area contributed by atoms with Crippen molar-refractivity contribution in [1.29, 1.82) is 0 Å². The molecule has 116 valence electrons. The summed E-state index contributed by atoms with van der Waals surface area (Å²) >= 11 is 1.65. The highest BCUT2D eigenvalue weighted by atomic mass is 32.1. The maximum Gasteiger partial charge on any atom is 0.308 e. The lowest BCUT2D eigenvalue weighted by Gasteiger charge is -2.16. The third kappa shape index (κ3) is 4.06. The van der Waals surface area contributed by atoms with Gasteiger partial charge in [0.15, 0.2) is 0 Å². The lowest BCUT2D eigenvalue weighted by atomic mass is 9.95. The zero-order valence-corrected chi connectivity index (χ0v) is 13.5. The van der Waals surface area contributed by atoms with Crippen LogP contribution in [0.25, 0.3) is 0 Å². The van der Waals surface area contributed by atoms with E-state index in [4.69, 9.17) is 0 Å². The number of aliphatic carboxylic acids is 1. The third-order valence-corrected chi connectivity index (χ3v) is 5.01. The molecular weight excluding hydrogens is 286 g/mol. The van der Waals surface area contributed by atoms with Crippen LogP contribution in [-0.2, 0) is 17.6 Å². The molecule has 0 spiro atoms. The van der Waals surface area contributed by atoms with Crippen molar-refractivity contribution in [3.05, 3.63) is 21.4 Å². The fourth-order valence-corrected chi connectivity index (χ4v) is 3.96. The zero-order chi connectivity index (χ0) is 15.4. The van der Waals surface area contributed by atoms with Crippen LogP contribution >= 0.6 is 11.3 Å². The molecular formula is C16H23NO3S. The molecule has 1 amide bonds. The molecule has 2 N–H and O–H groups in total. The lowest BCUT2D eigenvalue weighted by molar-refractivity contribution is -0.142. The molecule has 0 saturated carbocycles. The van der Waals surface area contributed by atoms with Crippen LogP contribution in [0.5, 0.6) is 0 Å². The number of carbonyl (C=O) groups is 2. The van der Waals surface area contributed by atoms with Gasteiger partial charge >= 0.3 is 5.97 Å². The smallest absolute Gasteiger partial charge is 0.308 e. The molecule has 1 aromatic rings. The van der Waals surface area contributed by atoms with Gasteiger partial charge in [-0.05, 0) is 43.6 Å². The Bertz CT molecular complexity index is 522. The van der Waals surface area contributed by atoms with Crippen molar-refractivity contribution in [3.8, 4) is 0 Å². The average Bonchev–Trinajstić information content (AvgIpc) is 2.86. The zero-order valence-electron chi connectivity index (χ0n) is 12.6. The largest absolute Gasteiger partial charge is 0.481 e. The van der Waals surface area contributed by atoms with Crippen molar-refractivity contribution in [2.45, 2.75) is 46.0 Å². The third-order valence-electron chi connectivity index (χ3n) is 3.92. The molecule has 0 radical (unpaired) electrons. The molecule has 1 unspecified atom stereocenters. The minimum atomic E-state index is -0.837. The molecule has 5 heteroatoms. The van der Waals surface area contributed by atoms with Crippen molar-refractivity contribution >= 4 is 23.2 Å². The van der Waals surface area contributed by atoms with Crippen molar-refractivity contribution < 1.29 is 14.7 Å². The number of nitrogens with one attached hydrogen (secondary N) is 1. The Hall–Kier alpha value is -1.36. The van der Waals surface area contributed by atoms with Crippen LogP contribution in [0.2, 0.25) is 0 Å². The van der Waals surface area contributed by atoms with Gasteiger partial charge in [-0.15, -0.1) is 11.3 Å². The summed E-state index contributed by atoms with van der Waals surface area (Å²) in [7, 11) is 0. The van der Waals surface area contributed by atoms with Gasteiger partial charge in [-0.1, -0.05) is 13.8 Å². The number of hydrogen-bond donors (Lipinski definition) is 2. The number of carboxylic acid groups (broad SMARTS) is 1. The standard InChI is InChI=1S/C16H23NO3S/c1-10(2)7-11(16(19)20)8-17-15(18)13-9-21-14-6-4-3-5-12(13)14/h9-11H,3-8H2,1-2H3,(H,17,18)(H,19,20). The summed E-state index contributed by atoms with van der Waals surface area (Å²) in [5.41, 5.74) is 1.93. The first-order valence-corrected chi connectivity index (χ1v) is 8.47. The molecule has 0 bridgehead atoms.